The molecule has 0 aliphatic rings. The molecule has 122 valence electrons. The molecule has 4 rings (SSSR count). The summed E-state index contributed by atoms with van der Waals surface area (Å²) in [4.78, 5) is 8.82. The fourth-order valence-corrected chi connectivity index (χ4v) is 2.59. The number of hydrogen-bond donors (Lipinski definition) is 2. The van der Waals surface area contributed by atoms with Crippen LogP contribution in [0.25, 0.3) is 28.2 Å². The van der Waals surface area contributed by atoms with Crippen LogP contribution in [-0.2, 0) is 6.42 Å². The molecule has 0 atom stereocenters. The number of aliphatic hydroxyl groups is 1. The van der Waals surface area contributed by atoms with Gasteiger partial charge in [-0.3, -0.25) is 5.10 Å². The van der Waals surface area contributed by atoms with Gasteiger partial charge in [-0.25, -0.2) is 14.6 Å². The molecule has 0 aliphatic carbocycles. The third-order valence-corrected chi connectivity index (χ3v) is 3.82. The highest BCUT2D eigenvalue weighted by Gasteiger charge is 2.13. The Hall–Kier alpha value is -3.57. The summed E-state index contributed by atoms with van der Waals surface area (Å²) in [7, 11) is 0. The van der Waals surface area contributed by atoms with E-state index < -0.39 is 0 Å². The van der Waals surface area contributed by atoms with E-state index in [1.807, 2.05) is 12.3 Å². The molecule has 3 aromatic heterocycles. The lowest BCUT2D eigenvalue weighted by atomic mass is 10.1. The molecule has 0 aliphatic heterocycles. The van der Waals surface area contributed by atoms with Crippen LogP contribution in [0.4, 0.5) is 0 Å². The van der Waals surface area contributed by atoms with Gasteiger partial charge in [-0.2, -0.15) is 15.5 Å². The Morgan fingerprint density at radius 2 is 2.20 bits per heavy atom. The second-order valence-corrected chi connectivity index (χ2v) is 5.45. The van der Waals surface area contributed by atoms with Crippen molar-refractivity contribution in [3.8, 4) is 23.4 Å². The summed E-state index contributed by atoms with van der Waals surface area (Å²) in [6.45, 7) is 0.0706. The van der Waals surface area contributed by atoms with Gasteiger partial charge in [0.15, 0.2) is 11.6 Å². The number of nitrogens with zero attached hydrogens (tertiary/aromatic N) is 6. The molecule has 0 bridgehead atoms. The number of aromatic nitrogens is 6. The summed E-state index contributed by atoms with van der Waals surface area (Å²) >= 11 is 0. The predicted molar refractivity (Wildman–Crippen MR) is 89.7 cm³/mol. The average Bonchev–Trinajstić information content (AvgIpc) is 3.28. The molecule has 0 saturated heterocycles. The molecule has 0 amide bonds. The topological polar surface area (TPSA) is 116 Å². The molecular weight excluding hydrogens is 318 g/mol. The van der Waals surface area contributed by atoms with Crippen molar-refractivity contribution < 1.29 is 5.11 Å². The highest BCUT2D eigenvalue weighted by atomic mass is 16.2. The average molecular weight is 331 g/mol. The Morgan fingerprint density at radius 1 is 1.28 bits per heavy atom. The van der Waals surface area contributed by atoms with Crippen LogP contribution in [0.3, 0.4) is 0 Å². The maximum Gasteiger partial charge on any atom is 0.182 e. The van der Waals surface area contributed by atoms with Gasteiger partial charge in [0.2, 0.25) is 0 Å². The van der Waals surface area contributed by atoms with E-state index in [9.17, 15) is 0 Å². The molecule has 25 heavy (non-hydrogen) atoms. The summed E-state index contributed by atoms with van der Waals surface area (Å²) in [5.74, 6) is 1.04. The lowest BCUT2D eigenvalue weighted by molar-refractivity contribution is 0.299. The van der Waals surface area contributed by atoms with Crippen molar-refractivity contribution in [3.63, 3.8) is 0 Å². The summed E-state index contributed by atoms with van der Waals surface area (Å²) in [6.07, 6.45) is 5.69. The number of fused-ring (bicyclic) bond motifs is 1. The van der Waals surface area contributed by atoms with Crippen LogP contribution in [-0.4, -0.2) is 41.7 Å². The van der Waals surface area contributed by atoms with E-state index >= 15 is 0 Å². The monoisotopic (exact) mass is 331 g/mol. The van der Waals surface area contributed by atoms with Crippen molar-refractivity contribution in [2.75, 3.05) is 6.61 Å². The van der Waals surface area contributed by atoms with Crippen molar-refractivity contribution in [3.05, 3.63) is 54.0 Å². The SMILES string of the molecule is N#Cc1ccc2[nH]nc(-c3nccc(-n4cc(CCO)cn4)n3)c2c1. The smallest absolute Gasteiger partial charge is 0.182 e. The molecule has 0 radical (unpaired) electrons. The molecule has 8 heteroatoms. The summed E-state index contributed by atoms with van der Waals surface area (Å²) in [6, 6.07) is 9.17. The first-order valence-electron chi connectivity index (χ1n) is 7.65. The van der Waals surface area contributed by atoms with Crippen LogP contribution < -0.4 is 0 Å². The van der Waals surface area contributed by atoms with E-state index in [0.717, 1.165) is 16.5 Å². The van der Waals surface area contributed by atoms with Gasteiger partial charge in [-0.1, -0.05) is 0 Å². The first-order chi connectivity index (χ1) is 12.3. The Labute approximate surface area is 142 Å². The number of nitriles is 1. The van der Waals surface area contributed by atoms with Crippen LogP contribution in [0.5, 0.6) is 0 Å². The van der Waals surface area contributed by atoms with Crippen LogP contribution in [0.2, 0.25) is 0 Å². The van der Waals surface area contributed by atoms with Gasteiger partial charge in [0.25, 0.3) is 0 Å². The second-order valence-electron chi connectivity index (χ2n) is 5.45. The summed E-state index contributed by atoms with van der Waals surface area (Å²) in [5.41, 5.74) is 2.86. The molecule has 8 nitrogen and oxygen atoms in total. The zero-order chi connectivity index (χ0) is 17.2. The lowest BCUT2D eigenvalue weighted by Gasteiger charge is -2.02. The minimum atomic E-state index is 0.0706. The molecule has 1 aromatic carbocycles. The zero-order valence-corrected chi connectivity index (χ0v) is 13.1. The maximum atomic E-state index is 9.09. The van der Waals surface area contributed by atoms with Gasteiger partial charge in [-0.05, 0) is 30.2 Å². The Kier molecular flexibility index (Phi) is 3.68. The molecule has 0 unspecified atom stereocenters. The van der Waals surface area contributed by atoms with Crippen LogP contribution >= 0.6 is 0 Å². The molecule has 0 saturated carbocycles. The van der Waals surface area contributed by atoms with E-state index in [1.165, 1.54) is 0 Å². The molecule has 2 N–H and O–H groups in total. The number of rotatable bonds is 4. The van der Waals surface area contributed by atoms with Crippen molar-refractivity contribution >= 4 is 10.9 Å². The van der Waals surface area contributed by atoms with Crippen molar-refractivity contribution in [1.29, 1.82) is 5.26 Å². The normalized spacial score (nSPS) is 10.9. The number of benzene rings is 1. The van der Waals surface area contributed by atoms with Crippen LogP contribution in [0.1, 0.15) is 11.1 Å². The fourth-order valence-electron chi connectivity index (χ4n) is 2.59. The Balaban J connectivity index is 1.78. The van der Waals surface area contributed by atoms with Crippen LogP contribution in [0, 0.1) is 11.3 Å². The zero-order valence-electron chi connectivity index (χ0n) is 13.1. The van der Waals surface area contributed by atoms with E-state index in [-0.39, 0.29) is 6.61 Å². The van der Waals surface area contributed by atoms with E-state index in [4.69, 9.17) is 10.4 Å². The van der Waals surface area contributed by atoms with Crippen molar-refractivity contribution in [2.45, 2.75) is 6.42 Å². The number of H-pyrrole nitrogens is 1. The molecular formula is C17H13N7O. The van der Waals surface area contributed by atoms with Crippen molar-refractivity contribution in [2.24, 2.45) is 0 Å². The van der Waals surface area contributed by atoms with Gasteiger partial charge >= 0.3 is 0 Å². The summed E-state index contributed by atoms with van der Waals surface area (Å²) in [5, 5.41) is 30.4. The van der Waals surface area contributed by atoms with E-state index in [0.29, 0.717) is 29.3 Å². The van der Waals surface area contributed by atoms with Gasteiger partial charge in [-0.15, -0.1) is 0 Å². The van der Waals surface area contributed by atoms with E-state index in [2.05, 4.69) is 31.3 Å². The highest BCUT2D eigenvalue weighted by Crippen LogP contribution is 2.24. The Morgan fingerprint density at radius 3 is 3.04 bits per heavy atom. The van der Waals surface area contributed by atoms with Gasteiger partial charge in [0, 0.05) is 30.5 Å². The largest absolute Gasteiger partial charge is 0.396 e. The van der Waals surface area contributed by atoms with Gasteiger partial charge < -0.3 is 5.11 Å². The number of aliphatic hydroxyl groups excluding tert-OH is 1. The Bertz CT molecular complexity index is 1090. The van der Waals surface area contributed by atoms with Gasteiger partial charge in [0.05, 0.1) is 23.3 Å². The second kappa shape index (κ2) is 6.14. The van der Waals surface area contributed by atoms with Gasteiger partial charge in [0.1, 0.15) is 5.69 Å². The van der Waals surface area contributed by atoms with Crippen molar-refractivity contribution in [1.82, 2.24) is 29.9 Å². The first kappa shape index (κ1) is 15.0. The lowest BCUT2D eigenvalue weighted by Crippen LogP contribution is -2.01. The van der Waals surface area contributed by atoms with Crippen LogP contribution in [0.15, 0.2) is 42.9 Å². The molecule has 0 fully saturated rings. The minimum absolute atomic E-state index is 0.0706. The fraction of sp³-hybridized carbons (Fsp3) is 0.118. The number of hydrogen-bond acceptors (Lipinski definition) is 6. The quantitative estimate of drug-likeness (QED) is 0.587. The third-order valence-electron chi connectivity index (χ3n) is 3.82. The third kappa shape index (κ3) is 2.73. The molecule has 0 spiro atoms. The summed E-state index contributed by atoms with van der Waals surface area (Å²) < 4.78 is 1.63. The minimum Gasteiger partial charge on any atom is -0.396 e. The molecule has 4 aromatic rings. The highest BCUT2D eigenvalue weighted by molar-refractivity contribution is 5.92. The molecule has 3 heterocycles. The predicted octanol–water partition coefficient (Wildman–Crippen LogP) is 1.61. The number of aromatic amines is 1. The maximum absolute atomic E-state index is 9.09. The number of nitrogens with one attached hydrogen (secondary N) is 1. The standard InChI is InChI=1S/C17H13N7O/c18-8-11-1-2-14-13(7-11)16(23-22-14)17-19-5-3-15(21-17)24-10-12(4-6-25)9-20-24/h1-3,5,7,9-10,25H,4,6H2,(H,22,23). The van der Waals surface area contributed by atoms with E-state index in [1.54, 1.807) is 35.3 Å². The first-order valence-corrected chi connectivity index (χ1v) is 7.65.